The number of aromatic nitrogens is 1. The second-order valence-corrected chi connectivity index (χ2v) is 13.2. The monoisotopic (exact) mass is 643 g/mol. The first-order chi connectivity index (χ1) is 22.0. The Morgan fingerprint density at radius 2 is 1.41 bits per heavy atom. The zero-order chi connectivity index (χ0) is 33.1. The summed E-state index contributed by atoms with van der Waals surface area (Å²) >= 11 is 0. The number of pyridine rings is 1. The van der Waals surface area contributed by atoms with Gasteiger partial charge < -0.3 is 21.1 Å². The summed E-state index contributed by atoms with van der Waals surface area (Å²) < 4.78 is 27.3. The van der Waals surface area contributed by atoms with E-state index in [0.717, 1.165) is 16.7 Å². The Kier molecular flexibility index (Phi) is 12.0. The first-order valence-electron chi connectivity index (χ1n) is 15.2. The average molecular weight is 644 g/mol. The van der Waals surface area contributed by atoms with Gasteiger partial charge in [0.2, 0.25) is 10.0 Å². The Balaban J connectivity index is 1.58. The summed E-state index contributed by atoms with van der Waals surface area (Å²) in [5.74, 6) is -1.23. The van der Waals surface area contributed by atoms with Gasteiger partial charge in [0, 0.05) is 36.1 Å². The largest absolute Gasteiger partial charge is 0.390 e. The van der Waals surface area contributed by atoms with Crippen LogP contribution in [0.2, 0.25) is 0 Å². The van der Waals surface area contributed by atoms with E-state index in [-0.39, 0.29) is 41.2 Å². The van der Waals surface area contributed by atoms with E-state index < -0.39 is 34.0 Å². The molecule has 4 rings (SSSR count). The maximum Gasteiger partial charge on any atom is 0.251 e. The Bertz CT molecular complexity index is 1690. The van der Waals surface area contributed by atoms with E-state index in [0.29, 0.717) is 6.42 Å². The molecule has 0 bridgehead atoms. The SMILES string of the molecule is CCS(=O)(=O)Nc1cc(C(=O)N[C@@H](Cc2ccccc2)[C@H](O)CN[C@H](C)c2cccnc2)cc(C(=O)N[C@H](C)c2ccccc2)c1. The van der Waals surface area contributed by atoms with E-state index in [9.17, 15) is 23.1 Å². The van der Waals surface area contributed by atoms with Crippen molar-refractivity contribution in [1.82, 2.24) is 20.9 Å². The number of hydrogen-bond acceptors (Lipinski definition) is 7. The molecule has 46 heavy (non-hydrogen) atoms. The van der Waals surface area contributed by atoms with Crippen molar-refractivity contribution >= 4 is 27.5 Å². The summed E-state index contributed by atoms with van der Waals surface area (Å²) in [5, 5.41) is 20.5. The molecular formula is C35H41N5O5S. The molecule has 0 aliphatic rings. The van der Waals surface area contributed by atoms with E-state index in [1.165, 1.54) is 25.1 Å². The third-order valence-corrected chi connectivity index (χ3v) is 8.96. The molecule has 0 aliphatic heterocycles. The van der Waals surface area contributed by atoms with Crippen LogP contribution in [-0.4, -0.2) is 54.8 Å². The first-order valence-corrected chi connectivity index (χ1v) is 16.9. The quantitative estimate of drug-likeness (QED) is 0.129. The van der Waals surface area contributed by atoms with Crippen LogP contribution in [-0.2, 0) is 16.4 Å². The molecule has 4 aromatic rings. The lowest BCUT2D eigenvalue weighted by Crippen LogP contribution is -2.49. The Hall–Kier alpha value is -4.58. The molecule has 0 unspecified atom stereocenters. The number of rotatable bonds is 15. The van der Waals surface area contributed by atoms with Crippen molar-refractivity contribution in [3.05, 3.63) is 131 Å². The zero-order valence-corrected chi connectivity index (χ0v) is 27.0. The van der Waals surface area contributed by atoms with Crippen molar-refractivity contribution in [2.45, 2.75) is 51.4 Å². The minimum atomic E-state index is -3.71. The van der Waals surface area contributed by atoms with Crippen LogP contribution < -0.4 is 20.7 Å². The fourth-order valence-corrected chi connectivity index (χ4v) is 5.52. The van der Waals surface area contributed by atoms with E-state index in [2.05, 4.69) is 25.7 Å². The summed E-state index contributed by atoms with van der Waals surface area (Å²) in [7, 11) is -3.71. The minimum Gasteiger partial charge on any atom is -0.390 e. The predicted octanol–water partition coefficient (Wildman–Crippen LogP) is 4.39. The first kappa shape index (κ1) is 34.3. The van der Waals surface area contributed by atoms with Gasteiger partial charge in [-0.25, -0.2) is 8.42 Å². The molecule has 0 saturated carbocycles. The molecule has 1 aromatic heterocycles. The van der Waals surface area contributed by atoms with Crippen molar-refractivity contribution in [3.63, 3.8) is 0 Å². The van der Waals surface area contributed by atoms with Crippen LogP contribution in [0.5, 0.6) is 0 Å². The van der Waals surface area contributed by atoms with Crippen molar-refractivity contribution in [1.29, 1.82) is 0 Å². The normalized spacial score (nSPS) is 14.0. The van der Waals surface area contributed by atoms with Crippen molar-refractivity contribution in [2.24, 2.45) is 0 Å². The van der Waals surface area contributed by atoms with E-state index in [4.69, 9.17) is 0 Å². The summed E-state index contributed by atoms with van der Waals surface area (Å²) in [6, 6.07) is 25.7. The number of nitrogens with zero attached hydrogens (tertiary/aromatic N) is 1. The number of anilines is 1. The van der Waals surface area contributed by atoms with Gasteiger partial charge in [0.15, 0.2) is 0 Å². The van der Waals surface area contributed by atoms with Gasteiger partial charge >= 0.3 is 0 Å². The van der Waals surface area contributed by atoms with E-state index in [1.807, 2.05) is 86.6 Å². The number of carbonyl (C=O) groups excluding carboxylic acids is 2. The molecule has 0 spiro atoms. The lowest BCUT2D eigenvalue weighted by Gasteiger charge is -2.26. The van der Waals surface area contributed by atoms with Crippen molar-refractivity contribution < 1.29 is 23.1 Å². The highest BCUT2D eigenvalue weighted by Crippen LogP contribution is 2.20. The van der Waals surface area contributed by atoms with Crippen molar-refractivity contribution in [3.8, 4) is 0 Å². The van der Waals surface area contributed by atoms with Crippen LogP contribution >= 0.6 is 0 Å². The molecule has 0 saturated heterocycles. The second kappa shape index (κ2) is 16.1. The van der Waals surface area contributed by atoms with Crippen LogP contribution in [0.4, 0.5) is 5.69 Å². The number of benzene rings is 3. The van der Waals surface area contributed by atoms with Gasteiger partial charge in [0.1, 0.15) is 0 Å². The van der Waals surface area contributed by atoms with E-state index in [1.54, 1.807) is 12.4 Å². The molecule has 2 amide bonds. The molecule has 10 nitrogen and oxygen atoms in total. The number of hydrogen-bond donors (Lipinski definition) is 5. The van der Waals surface area contributed by atoms with Crippen LogP contribution in [0, 0.1) is 0 Å². The van der Waals surface area contributed by atoms with Crippen molar-refractivity contribution in [2.75, 3.05) is 17.0 Å². The zero-order valence-electron chi connectivity index (χ0n) is 26.2. The third kappa shape index (κ3) is 9.96. The topological polar surface area (TPSA) is 150 Å². The lowest BCUT2D eigenvalue weighted by molar-refractivity contribution is 0.0825. The van der Waals surface area contributed by atoms with Crippen LogP contribution in [0.1, 0.15) is 70.3 Å². The molecule has 242 valence electrons. The van der Waals surface area contributed by atoms with E-state index >= 15 is 0 Å². The summed E-state index contributed by atoms with van der Waals surface area (Å²) in [4.78, 5) is 31.3. The smallest absolute Gasteiger partial charge is 0.251 e. The fraction of sp³-hybridized carbons (Fsp3) is 0.286. The van der Waals surface area contributed by atoms with Gasteiger partial charge in [-0.2, -0.15) is 0 Å². The summed E-state index contributed by atoms with van der Waals surface area (Å²) in [6.07, 6.45) is 2.79. The minimum absolute atomic E-state index is 0.0655. The highest BCUT2D eigenvalue weighted by atomic mass is 32.2. The Morgan fingerprint density at radius 1 is 0.804 bits per heavy atom. The predicted molar refractivity (Wildman–Crippen MR) is 180 cm³/mol. The molecular weight excluding hydrogens is 602 g/mol. The number of sulfonamides is 1. The summed E-state index contributed by atoms with van der Waals surface area (Å²) in [5.41, 5.74) is 3.01. The highest BCUT2D eigenvalue weighted by Gasteiger charge is 2.25. The number of carbonyl (C=O) groups is 2. The molecule has 0 aliphatic carbocycles. The summed E-state index contributed by atoms with van der Waals surface area (Å²) in [6.45, 7) is 5.47. The van der Waals surface area contributed by atoms with Crippen LogP contribution in [0.15, 0.2) is 103 Å². The number of nitrogens with one attached hydrogen (secondary N) is 4. The van der Waals surface area contributed by atoms with Gasteiger partial charge in [-0.1, -0.05) is 66.7 Å². The van der Waals surface area contributed by atoms with Gasteiger partial charge in [-0.15, -0.1) is 0 Å². The number of aliphatic hydroxyl groups is 1. The second-order valence-electron chi connectivity index (χ2n) is 11.2. The molecule has 11 heteroatoms. The Morgan fingerprint density at radius 3 is 2.02 bits per heavy atom. The molecule has 1 heterocycles. The maximum absolute atomic E-state index is 13.8. The molecule has 0 fully saturated rings. The standard InChI is InChI=1S/C35H41N5O5S/c1-4-46(44,45)40-31-20-29(34(42)38-25(3)27-14-9-6-10-15-27)19-30(21-31)35(43)39-32(18-26-12-7-5-8-13-26)33(41)23-37-24(2)28-16-11-17-36-22-28/h5-17,19-22,24-25,32-33,37,40-41H,4,18,23H2,1-3H3,(H,38,42)(H,39,43)/t24-,25-,32+,33-/m1/s1. The van der Waals surface area contributed by atoms with Crippen LogP contribution in [0.3, 0.4) is 0 Å². The highest BCUT2D eigenvalue weighted by molar-refractivity contribution is 7.92. The Labute approximate surface area is 270 Å². The number of aliphatic hydroxyl groups excluding tert-OH is 1. The van der Waals surface area contributed by atoms with Gasteiger partial charge in [-0.3, -0.25) is 19.3 Å². The molecule has 0 radical (unpaired) electrons. The maximum atomic E-state index is 13.8. The number of amides is 2. The fourth-order valence-electron chi connectivity index (χ4n) is 4.90. The van der Waals surface area contributed by atoms with Gasteiger partial charge in [0.05, 0.1) is 29.6 Å². The van der Waals surface area contributed by atoms with Gasteiger partial charge in [0.25, 0.3) is 11.8 Å². The third-order valence-electron chi connectivity index (χ3n) is 7.65. The van der Waals surface area contributed by atoms with Gasteiger partial charge in [-0.05, 0) is 68.1 Å². The molecule has 4 atom stereocenters. The average Bonchev–Trinajstić information content (AvgIpc) is 3.07. The molecule has 5 N–H and O–H groups in total. The molecule has 3 aromatic carbocycles. The lowest BCUT2D eigenvalue weighted by atomic mass is 9.99. The van der Waals surface area contributed by atoms with Crippen LogP contribution in [0.25, 0.3) is 0 Å².